The molecule has 0 aliphatic carbocycles. The van der Waals surface area contributed by atoms with Crippen LogP contribution in [0.5, 0.6) is 0 Å². The summed E-state index contributed by atoms with van der Waals surface area (Å²) < 4.78 is 41.3. The lowest BCUT2D eigenvalue weighted by Crippen LogP contribution is -2.42. The maximum Gasteiger partial charge on any atom is 0.229 e. The molecule has 1 N–H and O–H groups in total. The maximum absolute atomic E-state index is 13.9. The highest BCUT2D eigenvalue weighted by molar-refractivity contribution is 8.00. The Labute approximate surface area is 200 Å². The average molecular weight is 507 g/mol. The number of rotatable bonds is 8. The maximum atomic E-state index is 13.9. The average Bonchev–Trinajstić information content (AvgIpc) is 3.27. The van der Waals surface area contributed by atoms with Crippen LogP contribution in [-0.2, 0) is 26.3 Å². The Morgan fingerprint density at radius 2 is 1.79 bits per heavy atom. The van der Waals surface area contributed by atoms with Crippen LogP contribution in [0.15, 0.2) is 58.9 Å². The Morgan fingerprint density at radius 3 is 2.52 bits per heavy atom. The largest absolute Gasteiger partial charge is 0.300 e. The van der Waals surface area contributed by atoms with Crippen molar-refractivity contribution in [3.63, 3.8) is 0 Å². The highest BCUT2D eigenvalue weighted by Gasteiger charge is 2.32. The van der Waals surface area contributed by atoms with Crippen molar-refractivity contribution in [1.82, 2.24) is 14.5 Å². The van der Waals surface area contributed by atoms with Crippen LogP contribution in [0.4, 0.5) is 9.52 Å². The Hall–Kier alpha value is -2.34. The number of amides is 1. The molecule has 0 bridgehead atoms. The molecule has 3 aromatic rings. The number of benzene rings is 2. The van der Waals surface area contributed by atoms with E-state index in [1.807, 2.05) is 30.3 Å². The SMILES string of the molecule is O=C(Nc1nnc(SCc2ccccc2)s1)C1CCN(S(=O)(=O)Cc2ccccc2F)CC1. The molecule has 2 aromatic carbocycles. The molecule has 174 valence electrons. The summed E-state index contributed by atoms with van der Waals surface area (Å²) in [5.74, 6) is -0.645. The number of nitrogens with one attached hydrogen (secondary N) is 1. The number of carbonyl (C=O) groups is 1. The van der Waals surface area contributed by atoms with Gasteiger partial charge in [-0.2, -0.15) is 0 Å². The molecule has 0 atom stereocenters. The van der Waals surface area contributed by atoms with Crippen LogP contribution in [-0.4, -0.2) is 41.9 Å². The first kappa shape index (κ1) is 23.8. The number of halogens is 1. The molecule has 0 radical (unpaired) electrons. The first-order valence-electron chi connectivity index (χ1n) is 10.4. The molecule has 1 fully saturated rings. The van der Waals surface area contributed by atoms with Gasteiger partial charge in [0.25, 0.3) is 0 Å². The van der Waals surface area contributed by atoms with Gasteiger partial charge in [0.2, 0.25) is 21.1 Å². The molecule has 1 saturated heterocycles. The number of sulfonamides is 1. The Morgan fingerprint density at radius 1 is 1.09 bits per heavy atom. The van der Waals surface area contributed by atoms with E-state index in [2.05, 4.69) is 15.5 Å². The molecule has 4 rings (SSSR count). The van der Waals surface area contributed by atoms with Gasteiger partial charge in [-0.15, -0.1) is 10.2 Å². The van der Waals surface area contributed by atoms with Gasteiger partial charge < -0.3 is 5.32 Å². The summed E-state index contributed by atoms with van der Waals surface area (Å²) in [6, 6.07) is 15.9. The van der Waals surface area contributed by atoms with Gasteiger partial charge in [0.05, 0.1) is 5.75 Å². The smallest absolute Gasteiger partial charge is 0.229 e. The number of aromatic nitrogens is 2. The molecule has 1 aliphatic rings. The zero-order valence-corrected chi connectivity index (χ0v) is 20.1. The van der Waals surface area contributed by atoms with Crippen molar-refractivity contribution in [3.05, 3.63) is 71.5 Å². The fourth-order valence-corrected chi connectivity index (χ4v) is 6.83. The molecule has 1 aliphatic heterocycles. The topological polar surface area (TPSA) is 92.3 Å². The van der Waals surface area contributed by atoms with Crippen molar-refractivity contribution in [2.24, 2.45) is 5.92 Å². The minimum absolute atomic E-state index is 0.148. The number of nitrogens with zero attached hydrogens (tertiary/aromatic N) is 3. The number of hydrogen-bond acceptors (Lipinski definition) is 7. The normalized spacial score (nSPS) is 15.4. The standard InChI is InChI=1S/C22H23FN4O3S3/c23-19-9-5-4-8-18(19)15-33(29,30)27-12-10-17(11-13-27)20(28)24-21-25-26-22(32-21)31-14-16-6-2-1-3-7-16/h1-9,17H,10-15H2,(H,24,25,28). The summed E-state index contributed by atoms with van der Waals surface area (Å²) in [5.41, 5.74) is 1.33. The first-order chi connectivity index (χ1) is 15.9. The van der Waals surface area contributed by atoms with Crippen LogP contribution in [0.1, 0.15) is 24.0 Å². The first-order valence-corrected chi connectivity index (χ1v) is 13.8. The third kappa shape index (κ3) is 6.38. The molecular formula is C22H23FN4O3S3. The third-order valence-corrected chi connectivity index (χ3v) is 9.23. The van der Waals surface area contributed by atoms with Crippen molar-refractivity contribution in [2.75, 3.05) is 18.4 Å². The van der Waals surface area contributed by atoms with E-state index in [9.17, 15) is 17.6 Å². The number of piperidine rings is 1. The van der Waals surface area contributed by atoms with Gasteiger partial charge >= 0.3 is 0 Å². The summed E-state index contributed by atoms with van der Waals surface area (Å²) in [6.07, 6.45) is 0.799. The lowest BCUT2D eigenvalue weighted by atomic mass is 9.97. The molecule has 33 heavy (non-hydrogen) atoms. The van der Waals surface area contributed by atoms with Gasteiger partial charge in [0, 0.05) is 30.3 Å². The van der Waals surface area contributed by atoms with E-state index in [4.69, 9.17) is 0 Å². The molecule has 0 saturated carbocycles. The Bertz CT molecular complexity index is 1200. The van der Waals surface area contributed by atoms with E-state index in [1.54, 1.807) is 17.8 Å². The number of carbonyl (C=O) groups excluding carboxylic acids is 1. The van der Waals surface area contributed by atoms with Gasteiger partial charge in [-0.1, -0.05) is 71.6 Å². The van der Waals surface area contributed by atoms with E-state index < -0.39 is 15.8 Å². The summed E-state index contributed by atoms with van der Waals surface area (Å²) in [6.45, 7) is 0.451. The van der Waals surface area contributed by atoms with Gasteiger partial charge in [-0.25, -0.2) is 17.1 Å². The van der Waals surface area contributed by atoms with Gasteiger partial charge in [-0.3, -0.25) is 4.79 Å². The highest BCUT2D eigenvalue weighted by atomic mass is 32.2. The van der Waals surface area contributed by atoms with Crippen LogP contribution in [0.2, 0.25) is 0 Å². The summed E-state index contributed by atoms with van der Waals surface area (Å²) >= 11 is 2.87. The van der Waals surface area contributed by atoms with E-state index >= 15 is 0 Å². The summed E-state index contributed by atoms with van der Waals surface area (Å²) in [5, 5.41) is 11.4. The third-order valence-electron chi connectivity index (χ3n) is 5.36. The minimum Gasteiger partial charge on any atom is -0.300 e. The van der Waals surface area contributed by atoms with Crippen LogP contribution >= 0.6 is 23.1 Å². The number of thioether (sulfide) groups is 1. The second-order valence-corrected chi connectivity index (χ2v) is 11.8. The predicted molar refractivity (Wildman–Crippen MR) is 128 cm³/mol. The molecule has 11 heteroatoms. The van der Waals surface area contributed by atoms with Crippen LogP contribution in [0.3, 0.4) is 0 Å². The molecule has 7 nitrogen and oxygen atoms in total. The van der Waals surface area contributed by atoms with Crippen LogP contribution < -0.4 is 5.32 Å². The van der Waals surface area contributed by atoms with Crippen molar-refractivity contribution >= 4 is 44.2 Å². The molecule has 1 amide bonds. The lowest BCUT2D eigenvalue weighted by molar-refractivity contribution is -0.120. The van der Waals surface area contributed by atoms with Gasteiger partial charge in [0.1, 0.15) is 5.82 Å². The molecule has 0 unspecified atom stereocenters. The monoisotopic (exact) mass is 506 g/mol. The van der Waals surface area contributed by atoms with E-state index in [0.29, 0.717) is 18.0 Å². The van der Waals surface area contributed by atoms with E-state index in [1.165, 1.54) is 39.4 Å². The summed E-state index contributed by atoms with van der Waals surface area (Å²) in [4.78, 5) is 12.7. The summed E-state index contributed by atoms with van der Waals surface area (Å²) in [7, 11) is -3.65. The molecule has 2 heterocycles. The molecule has 0 spiro atoms. The van der Waals surface area contributed by atoms with Crippen LogP contribution in [0.25, 0.3) is 0 Å². The van der Waals surface area contributed by atoms with Crippen molar-refractivity contribution in [2.45, 2.75) is 28.7 Å². The highest BCUT2D eigenvalue weighted by Crippen LogP contribution is 2.29. The second kappa shape index (κ2) is 10.7. The van der Waals surface area contributed by atoms with Gasteiger partial charge in [-0.05, 0) is 24.5 Å². The zero-order chi connectivity index (χ0) is 23.3. The van der Waals surface area contributed by atoms with Crippen molar-refractivity contribution in [1.29, 1.82) is 0 Å². The van der Waals surface area contributed by atoms with E-state index in [0.717, 1.165) is 10.1 Å². The lowest BCUT2D eigenvalue weighted by Gasteiger charge is -2.30. The predicted octanol–water partition coefficient (Wildman–Crippen LogP) is 4.15. The number of anilines is 1. The molecule has 1 aromatic heterocycles. The Kier molecular flexibility index (Phi) is 7.74. The van der Waals surface area contributed by atoms with E-state index in [-0.39, 0.29) is 36.2 Å². The zero-order valence-electron chi connectivity index (χ0n) is 17.7. The van der Waals surface area contributed by atoms with Crippen LogP contribution in [0, 0.1) is 11.7 Å². The second-order valence-electron chi connectivity index (χ2n) is 7.66. The van der Waals surface area contributed by atoms with Gasteiger partial charge in [0.15, 0.2) is 4.34 Å². The molecular weight excluding hydrogens is 483 g/mol. The Balaban J connectivity index is 1.26. The van der Waals surface area contributed by atoms with Crippen molar-refractivity contribution in [3.8, 4) is 0 Å². The quantitative estimate of drug-likeness (QED) is 0.365. The minimum atomic E-state index is -3.65. The fraction of sp³-hybridized carbons (Fsp3) is 0.318. The number of hydrogen-bond donors (Lipinski definition) is 1. The van der Waals surface area contributed by atoms with Crippen molar-refractivity contribution < 1.29 is 17.6 Å². The fourth-order valence-electron chi connectivity index (χ4n) is 3.54.